The summed E-state index contributed by atoms with van der Waals surface area (Å²) in [6.45, 7) is 8.06. The van der Waals surface area contributed by atoms with E-state index in [2.05, 4.69) is 10.3 Å². The number of nitrogens with two attached hydrogens (primary N) is 1. The van der Waals surface area contributed by atoms with Gasteiger partial charge in [-0.3, -0.25) is 9.78 Å². The first-order valence-corrected chi connectivity index (χ1v) is 8.93. The SMILES string of the molecule is Cc1ccc(C(=O)NC(C)(C)COc2cccc3nc(C)cc(N)c23)cc1. The van der Waals surface area contributed by atoms with Gasteiger partial charge in [0.25, 0.3) is 5.91 Å². The van der Waals surface area contributed by atoms with Crippen molar-refractivity contribution in [2.75, 3.05) is 12.3 Å². The fraction of sp³-hybridized carbons (Fsp3) is 0.273. The minimum Gasteiger partial charge on any atom is -0.490 e. The van der Waals surface area contributed by atoms with Crippen LogP contribution in [0.25, 0.3) is 10.9 Å². The van der Waals surface area contributed by atoms with E-state index in [1.165, 1.54) is 0 Å². The van der Waals surface area contributed by atoms with E-state index in [1.807, 2.05) is 76.2 Å². The van der Waals surface area contributed by atoms with Gasteiger partial charge < -0.3 is 15.8 Å². The van der Waals surface area contributed by atoms with Gasteiger partial charge >= 0.3 is 0 Å². The second-order valence-electron chi connectivity index (χ2n) is 7.50. The first-order valence-electron chi connectivity index (χ1n) is 8.93. The van der Waals surface area contributed by atoms with E-state index in [0.717, 1.165) is 22.2 Å². The number of nitrogens with one attached hydrogen (secondary N) is 1. The lowest BCUT2D eigenvalue weighted by atomic mass is 10.1. The average molecular weight is 363 g/mol. The highest BCUT2D eigenvalue weighted by atomic mass is 16.5. The molecular weight excluding hydrogens is 338 g/mol. The highest BCUT2D eigenvalue weighted by Crippen LogP contribution is 2.30. The smallest absolute Gasteiger partial charge is 0.251 e. The molecule has 5 heteroatoms. The summed E-state index contributed by atoms with van der Waals surface area (Å²) >= 11 is 0. The zero-order chi connectivity index (χ0) is 19.6. The van der Waals surface area contributed by atoms with Crippen LogP contribution in [0.2, 0.25) is 0 Å². The van der Waals surface area contributed by atoms with Crippen molar-refractivity contribution in [3.8, 4) is 5.75 Å². The first-order chi connectivity index (χ1) is 12.7. The number of fused-ring (bicyclic) bond motifs is 1. The maximum atomic E-state index is 12.5. The standard InChI is InChI=1S/C22H25N3O2/c1-14-8-10-16(11-9-14)21(26)25-22(3,4)13-27-19-7-5-6-18-20(19)17(23)12-15(2)24-18/h5-12H,13H2,1-4H3,(H2,23,24)(H,25,26). The predicted octanol–water partition coefficient (Wildman–Crippen LogP) is 4.02. The second-order valence-corrected chi connectivity index (χ2v) is 7.50. The molecule has 0 radical (unpaired) electrons. The summed E-state index contributed by atoms with van der Waals surface area (Å²) in [6, 6.07) is 15.0. The summed E-state index contributed by atoms with van der Waals surface area (Å²) in [6.07, 6.45) is 0. The average Bonchev–Trinajstić information content (AvgIpc) is 2.59. The summed E-state index contributed by atoms with van der Waals surface area (Å²) in [5.74, 6) is 0.536. The summed E-state index contributed by atoms with van der Waals surface area (Å²) < 4.78 is 6.03. The van der Waals surface area contributed by atoms with Crippen LogP contribution < -0.4 is 15.8 Å². The number of amides is 1. The van der Waals surface area contributed by atoms with Crippen molar-refractivity contribution in [3.63, 3.8) is 0 Å². The van der Waals surface area contributed by atoms with Crippen molar-refractivity contribution in [3.05, 3.63) is 65.4 Å². The van der Waals surface area contributed by atoms with Crippen molar-refractivity contribution in [2.45, 2.75) is 33.2 Å². The number of carbonyl (C=O) groups is 1. The van der Waals surface area contributed by atoms with Crippen LogP contribution in [0.3, 0.4) is 0 Å². The summed E-state index contributed by atoms with van der Waals surface area (Å²) in [5.41, 5.74) is 9.66. The van der Waals surface area contributed by atoms with Crippen molar-refractivity contribution in [1.29, 1.82) is 0 Å². The Morgan fingerprint density at radius 2 is 1.85 bits per heavy atom. The van der Waals surface area contributed by atoms with Gasteiger partial charge in [-0.1, -0.05) is 23.8 Å². The molecule has 3 rings (SSSR count). The molecule has 0 aliphatic carbocycles. The molecule has 0 aliphatic heterocycles. The zero-order valence-corrected chi connectivity index (χ0v) is 16.2. The Bertz CT molecular complexity index is 979. The number of rotatable bonds is 5. The van der Waals surface area contributed by atoms with Crippen LogP contribution in [0.4, 0.5) is 5.69 Å². The van der Waals surface area contributed by atoms with Gasteiger partial charge in [-0.05, 0) is 58.0 Å². The molecule has 0 saturated heterocycles. The molecule has 2 aromatic carbocycles. The molecule has 1 heterocycles. The van der Waals surface area contributed by atoms with E-state index >= 15 is 0 Å². The number of ether oxygens (including phenoxy) is 1. The number of hydrogen-bond acceptors (Lipinski definition) is 4. The molecule has 3 aromatic rings. The predicted molar refractivity (Wildman–Crippen MR) is 109 cm³/mol. The maximum Gasteiger partial charge on any atom is 0.251 e. The first kappa shape index (κ1) is 18.7. The molecule has 5 nitrogen and oxygen atoms in total. The van der Waals surface area contributed by atoms with E-state index in [4.69, 9.17) is 10.5 Å². The topological polar surface area (TPSA) is 77.2 Å². The molecular formula is C22H25N3O2. The number of nitrogen functional groups attached to an aromatic ring is 1. The molecule has 27 heavy (non-hydrogen) atoms. The van der Waals surface area contributed by atoms with Gasteiger partial charge in [0, 0.05) is 16.9 Å². The highest BCUT2D eigenvalue weighted by Gasteiger charge is 2.23. The van der Waals surface area contributed by atoms with Crippen LogP contribution in [-0.2, 0) is 0 Å². The lowest BCUT2D eigenvalue weighted by Gasteiger charge is -2.27. The molecule has 1 aromatic heterocycles. The van der Waals surface area contributed by atoms with Gasteiger partial charge in [-0.15, -0.1) is 0 Å². The number of nitrogens with zero attached hydrogens (tertiary/aromatic N) is 1. The molecule has 0 bridgehead atoms. The molecule has 0 fully saturated rings. The van der Waals surface area contributed by atoms with Crippen molar-refractivity contribution in [1.82, 2.24) is 10.3 Å². The van der Waals surface area contributed by atoms with Crippen molar-refractivity contribution < 1.29 is 9.53 Å². The van der Waals surface area contributed by atoms with Gasteiger partial charge in [0.15, 0.2) is 0 Å². The third kappa shape index (κ3) is 4.37. The number of anilines is 1. The Hall–Kier alpha value is -3.08. The van der Waals surface area contributed by atoms with E-state index in [9.17, 15) is 4.79 Å². The van der Waals surface area contributed by atoms with Gasteiger partial charge in [0.1, 0.15) is 12.4 Å². The van der Waals surface area contributed by atoms with Crippen LogP contribution >= 0.6 is 0 Å². The summed E-state index contributed by atoms with van der Waals surface area (Å²) in [5, 5.41) is 3.82. The van der Waals surface area contributed by atoms with E-state index in [-0.39, 0.29) is 5.91 Å². The van der Waals surface area contributed by atoms with Gasteiger partial charge in [0.2, 0.25) is 0 Å². The van der Waals surface area contributed by atoms with Gasteiger partial charge in [0.05, 0.1) is 16.4 Å². The summed E-state index contributed by atoms with van der Waals surface area (Å²) in [7, 11) is 0. The number of pyridine rings is 1. The molecule has 3 N–H and O–H groups in total. The second kappa shape index (κ2) is 7.27. The monoisotopic (exact) mass is 363 g/mol. The molecule has 140 valence electrons. The van der Waals surface area contributed by atoms with E-state index in [0.29, 0.717) is 23.6 Å². The van der Waals surface area contributed by atoms with Crippen LogP contribution in [-0.4, -0.2) is 23.0 Å². The van der Waals surface area contributed by atoms with Gasteiger partial charge in [-0.25, -0.2) is 0 Å². The molecule has 0 saturated carbocycles. The number of benzene rings is 2. The molecule has 0 spiro atoms. The van der Waals surface area contributed by atoms with E-state index < -0.39 is 5.54 Å². The Morgan fingerprint density at radius 1 is 1.15 bits per heavy atom. The fourth-order valence-electron chi connectivity index (χ4n) is 2.92. The Labute approximate surface area is 159 Å². The molecule has 0 unspecified atom stereocenters. The Balaban J connectivity index is 1.74. The third-order valence-electron chi connectivity index (χ3n) is 4.31. The fourth-order valence-corrected chi connectivity index (χ4v) is 2.92. The van der Waals surface area contributed by atoms with Crippen LogP contribution in [0.15, 0.2) is 48.5 Å². The number of carbonyl (C=O) groups excluding carboxylic acids is 1. The normalized spacial score (nSPS) is 11.4. The quantitative estimate of drug-likeness (QED) is 0.718. The molecule has 1 amide bonds. The van der Waals surface area contributed by atoms with Gasteiger partial charge in [-0.2, -0.15) is 0 Å². The Morgan fingerprint density at radius 3 is 2.56 bits per heavy atom. The third-order valence-corrected chi connectivity index (χ3v) is 4.31. The number of aromatic nitrogens is 1. The highest BCUT2D eigenvalue weighted by molar-refractivity contribution is 5.96. The summed E-state index contributed by atoms with van der Waals surface area (Å²) in [4.78, 5) is 17.0. The maximum absolute atomic E-state index is 12.5. The lowest BCUT2D eigenvalue weighted by molar-refractivity contribution is 0.0881. The minimum atomic E-state index is -0.559. The van der Waals surface area contributed by atoms with Crippen LogP contribution in [0, 0.1) is 13.8 Å². The molecule has 0 atom stereocenters. The number of aryl methyl sites for hydroxylation is 2. The Kier molecular flexibility index (Phi) is 5.04. The molecule has 0 aliphatic rings. The number of hydrogen-bond donors (Lipinski definition) is 2. The van der Waals surface area contributed by atoms with E-state index in [1.54, 1.807) is 0 Å². The van der Waals surface area contributed by atoms with Crippen molar-refractivity contribution >= 4 is 22.5 Å². The lowest BCUT2D eigenvalue weighted by Crippen LogP contribution is -2.47. The largest absolute Gasteiger partial charge is 0.490 e. The zero-order valence-electron chi connectivity index (χ0n) is 16.2. The van der Waals surface area contributed by atoms with Crippen molar-refractivity contribution in [2.24, 2.45) is 0 Å². The van der Waals surface area contributed by atoms with Crippen LogP contribution in [0.1, 0.15) is 35.5 Å². The van der Waals surface area contributed by atoms with Crippen LogP contribution in [0.5, 0.6) is 5.75 Å². The minimum absolute atomic E-state index is 0.127.